The lowest BCUT2D eigenvalue weighted by molar-refractivity contribution is 0.918. The average Bonchev–Trinajstić information content (AvgIpc) is 2.86. The van der Waals surface area contributed by atoms with E-state index in [-0.39, 0.29) is 0 Å². The van der Waals surface area contributed by atoms with Crippen LogP contribution >= 0.6 is 0 Å². The van der Waals surface area contributed by atoms with E-state index in [9.17, 15) is 0 Å². The summed E-state index contributed by atoms with van der Waals surface area (Å²) in [6, 6.07) is 16.2. The fourth-order valence-electron chi connectivity index (χ4n) is 1.94. The van der Waals surface area contributed by atoms with Gasteiger partial charge in [-0.2, -0.15) is 0 Å². The molecule has 3 nitrogen and oxygen atoms in total. The molecule has 0 spiro atoms. The van der Waals surface area contributed by atoms with Gasteiger partial charge in [0.15, 0.2) is 5.82 Å². The molecule has 0 bridgehead atoms. The van der Waals surface area contributed by atoms with Gasteiger partial charge in [0.2, 0.25) is 0 Å². The van der Waals surface area contributed by atoms with Crippen molar-refractivity contribution >= 4 is 0 Å². The molecule has 88 valence electrons. The molecule has 18 heavy (non-hydrogen) atoms. The average molecular weight is 235 g/mol. The van der Waals surface area contributed by atoms with Crippen molar-refractivity contribution in [2.24, 2.45) is 7.05 Å². The van der Waals surface area contributed by atoms with Crippen LogP contribution in [0.15, 0.2) is 60.9 Å². The molecule has 3 heteroatoms. The number of hydrogen-bond acceptors (Lipinski definition) is 2. The third-order valence-electron chi connectivity index (χ3n) is 2.87. The van der Waals surface area contributed by atoms with Crippen molar-refractivity contribution in [2.75, 3.05) is 0 Å². The highest BCUT2D eigenvalue weighted by atomic mass is 15.0. The minimum Gasteiger partial charge on any atom is -0.333 e. The van der Waals surface area contributed by atoms with Gasteiger partial charge in [-0.05, 0) is 12.1 Å². The number of imidazole rings is 1. The van der Waals surface area contributed by atoms with Crippen molar-refractivity contribution in [3.8, 4) is 22.8 Å². The zero-order valence-corrected chi connectivity index (χ0v) is 10.1. The predicted molar refractivity (Wildman–Crippen MR) is 71.9 cm³/mol. The van der Waals surface area contributed by atoms with Crippen molar-refractivity contribution in [1.82, 2.24) is 14.5 Å². The summed E-state index contributed by atoms with van der Waals surface area (Å²) in [6.07, 6.45) is 3.71. The number of aromatic nitrogens is 3. The normalized spacial score (nSPS) is 10.5. The molecule has 0 N–H and O–H groups in total. The minimum atomic E-state index is 0.882. The van der Waals surface area contributed by atoms with Crippen molar-refractivity contribution in [3.63, 3.8) is 0 Å². The first-order valence-electron chi connectivity index (χ1n) is 5.85. The summed E-state index contributed by atoms with van der Waals surface area (Å²) in [5.41, 5.74) is 2.98. The summed E-state index contributed by atoms with van der Waals surface area (Å²) in [4.78, 5) is 8.98. The fraction of sp³-hybridized carbons (Fsp3) is 0.0667. The molecular weight excluding hydrogens is 222 g/mol. The zero-order chi connectivity index (χ0) is 12.4. The molecule has 0 atom stereocenters. The van der Waals surface area contributed by atoms with E-state index in [0.29, 0.717) is 0 Å². The Bertz CT molecular complexity index is 656. The molecule has 0 aliphatic heterocycles. The van der Waals surface area contributed by atoms with Gasteiger partial charge in [-0.3, -0.25) is 0 Å². The Kier molecular flexibility index (Phi) is 2.65. The molecule has 2 heterocycles. The Morgan fingerprint density at radius 1 is 0.889 bits per heavy atom. The van der Waals surface area contributed by atoms with Gasteiger partial charge in [-0.25, -0.2) is 9.97 Å². The molecule has 1 aromatic carbocycles. The number of rotatable bonds is 2. The highest BCUT2D eigenvalue weighted by Gasteiger charge is 2.06. The van der Waals surface area contributed by atoms with Crippen LogP contribution in [0.5, 0.6) is 0 Å². The lowest BCUT2D eigenvalue weighted by Gasteiger charge is -2.04. The molecule has 0 amide bonds. The largest absolute Gasteiger partial charge is 0.333 e. The number of aryl methyl sites for hydroxylation is 1. The van der Waals surface area contributed by atoms with E-state index in [1.807, 2.05) is 54.2 Å². The van der Waals surface area contributed by atoms with Crippen molar-refractivity contribution in [1.29, 1.82) is 0 Å². The number of pyridine rings is 1. The molecule has 2 aromatic heterocycles. The van der Waals surface area contributed by atoms with E-state index in [1.165, 1.54) is 0 Å². The monoisotopic (exact) mass is 235 g/mol. The zero-order valence-electron chi connectivity index (χ0n) is 10.1. The molecule has 0 saturated carbocycles. The third-order valence-corrected chi connectivity index (χ3v) is 2.87. The van der Waals surface area contributed by atoms with E-state index < -0.39 is 0 Å². The van der Waals surface area contributed by atoms with Crippen molar-refractivity contribution in [2.45, 2.75) is 0 Å². The molecular formula is C15H13N3. The van der Waals surface area contributed by atoms with Crippen LogP contribution in [0, 0.1) is 0 Å². The summed E-state index contributed by atoms with van der Waals surface area (Å²) in [5, 5.41) is 0. The second kappa shape index (κ2) is 4.45. The number of benzene rings is 1. The standard InChI is InChI=1S/C15H13N3/c1-18-11-10-16-15(18)14-9-5-8-13(17-14)12-6-3-2-4-7-12/h2-11H,1H3. The van der Waals surface area contributed by atoms with E-state index >= 15 is 0 Å². The maximum absolute atomic E-state index is 4.66. The predicted octanol–water partition coefficient (Wildman–Crippen LogP) is 3.15. The number of hydrogen-bond donors (Lipinski definition) is 0. The molecule has 0 aliphatic rings. The first-order valence-corrected chi connectivity index (χ1v) is 5.85. The molecule has 3 rings (SSSR count). The fourth-order valence-corrected chi connectivity index (χ4v) is 1.94. The van der Waals surface area contributed by atoms with Gasteiger partial charge in [0.25, 0.3) is 0 Å². The molecule has 0 fully saturated rings. The summed E-state index contributed by atoms with van der Waals surface area (Å²) in [7, 11) is 1.97. The Morgan fingerprint density at radius 3 is 2.39 bits per heavy atom. The lowest BCUT2D eigenvalue weighted by Crippen LogP contribution is -1.94. The maximum atomic E-state index is 4.66. The maximum Gasteiger partial charge on any atom is 0.158 e. The summed E-state index contributed by atoms with van der Waals surface area (Å²) >= 11 is 0. The third kappa shape index (κ3) is 1.91. The molecule has 0 radical (unpaired) electrons. The Morgan fingerprint density at radius 2 is 1.67 bits per heavy atom. The summed E-state index contributed by atoms with van der Waals surface area (Å²) in [5.74, 6) is 0.882. The van der Waals surface area contributed by atoms with Crippen molar-refractivity contribution < 1.29 is 0 Å². The smallest absolute Gasteiger partial charge is 0.158 e. The van der Waals surface area contributed by atoms with Crippen LogP contribution < -0.4 is 0 Å². The van der Waals surface area contributed by atoms with E-state index in [1.54, 1.807) is 6.20 Å². The summed E-state index contributed by atoms with van der Waals surface area (Å²) < 4.78 is 1.97. The van der Waals surface area contributed by atoms with Crippen LogP contribution in [0.4, 0.5) is 0 Å². The Hall–Kier alpha value is -2.42. The van der Waals surface area contributed by atoms with Crippen LogP contribution in [0.1, 0.15) is 0 Å². The van der Waals surface area contributed by atoms with E-state index in [2.05, 4.69) is 22.1 Å². The van der Waals surface area contributed by atoms with Gasteiger partial charge in [-0.1, -0.05) is 36.4 Å². The van der Waals surface area contributed by atoms with Gasteiger partial charge in [0.1, 0.15) is 5.69 Å². The van der Waals surface area contributed by atoms with Crippen LogP contribution in [0.25, 0.3) is 22.8 Å². The van der Waals surface area contributed by atoms with Gasteiger partial charge in [-0.15, -0.1) is 0 Å². The van der Waals surface area contributed by atoms with E-state index in [4.69, 9.17) is 0 Å². The minimum absolute atomic E-state index is 0.882. The Balaban J connectivity index is 2.08. The summed E-state index contributed by atoms with van der Waals surface area (Å²) in [6.45, 7) is 0. The van der Waals surface area contributed by atoms with Crippen LogP contribution in [0.2, 0.25) is 0 Å². The SMILES string of the molecule is Cn1ccnc1-c1cccc(-c2ccccc2)n1. The van der Waals surface area contributed by atoms with Crippen LogP contribution in [0.3, 0.4) is 0 Å². The van der Waals surface area contributed by atoms with Crippen molar-refractivity contribution in [3.05, 3.63) is 60.9 Å². The van der Waals surface area contributed by atoms with Gasteiger partial charge in [0, 0.05) is 25.0 Å². The second-order valence-corrected chi connectivity index (χ2v) is 4.14. The first-order chi connectivity index (χ1) is 8.84. The molecule has 3 aromatic rings. The van der Waals surface area contributed by atoms with Crippen LogP contribution in [-0.4, -0.2) is 14.5 Å². The molecule has 0 unspecified atom stereocenters. The molecule has 0 aliphatic carbocycles. The number of nitrogens with zero attached hydrogens (tertiary/aromatic N) is 3. The highest BCUT2D eigenvalue weighted by Crippen LogP contribution is 2.20. The topological polar surface area (TPSA) is 30.7 Å². The van der Waals surface area contributed by atoms with Gasteiger partial charge in [0.05, 0.1) is 5.69 Å². The van der Waals surface area contributed by atoms with Gasteiger partial charge >= 0.3 is 0 Å². The van der Waals surface area contributed by atoms with E-state index in [0.717, 1.165) is 22.8 Å². The van der Waals surface area contributed by atoms with Crippen LogP contribution in [-0.2, 0) is 7.05 Å². The molecule has 0 saturated heterocycles. The Labute approximate surface area is 106 Å². The second-order valence-electron chi connectivity index (χ2n) is 4.14. The highest BCUT2D eigenvalue weighted by molar-refractivity contribution is 5.62. The first kappa shape index (κ1) is 10.7. The lowest BCUT2D eigenvalue weighted by atomic mass is 10.1. The van der Waals surface area contributed by atoms with Gasteiger partial charge < -0.3 is 4.57 Å². The quantitative estimate of drug-likeness (QED) is 0.683.